The van der Waals surface area contributed by atoms with Crippen LogP contribution in [0.5, 0.6) is 0 Å². The largest absolute Gasteiger partial charge is 0.346 e. The van der Waals surface area contributed by atoms with E-state index >= 15 is 0 Å². The van der Waals surface area contributed by atoms with Crippen LogP contribution in [-0.4, -0.2) is 21.4 Å². The lowest BCUT2D eigenvalue weighted by atomic mass is 10.1. The Labute approximate surface area is 159 Å². The SMILES string of the molecule is Cc1ccc(Nc2cc(C(=O)NC(C)(C)C)nc(-c3ccccc3)n2)cc1. The van der Waals surface area contributed by atoms with Crippen molar-refractivity contribution in [1.29, 1.82) is 0 Å². The minimum absolute atomic E-state index is 0.228. The molecule has 0 radical (unpaired) electrons. The van der Waals surface area contributed by atoms with Gasteiger partial charge >= 0.3 is 0 Å². The molecule has 5 heteroatoms. The van der Waals surface area contributed by atoms with Gasteiger partial charge in [-0.3, -0.25) is 4.79 Å². The first-order chi connectivity index (χ1) is 12.8. The molecule has 1 heterocycles. The van der Waals surface area contributed by atoms with Crippen LogP contribution in [-0.2, 0) is 0 Å². The molecule has 0 spiro atoms. The van der Waals surface area contributed by atoms with Crippen LogP contribution in [0.2, 0.25) is 0 Å². The molecule has 138 valence electrons. The quantitative estimate of drug-likeness (QED) is 0.706. The number of anilines is 2. The molecular formula is C22H24N4O. The molecule has 0 atom stereocenters. The second-order valence-corrected chi connectivity index (χ2v) is 7.52. The monoisotopic (exact) mass is 360 g/mol. The third-order valence-electron chi connectivity index (χ3n) is 3.80. The van der Waals surface area contributed by atoms with Crippen LogP contribution in [0.15, 0.2) is 60.7 Å². The number of aromatic nitrogens is 2. The first-order valence-electron chi connectivity index (χ1n) is 8.91. The van der Waals surface area contributed by atoms with Gasteiger partial charge in [-0.15, -0.1) is 0 Å². The minimum Gasteiger partial charge on any atom is -0.346 e. The summed E-state index contributed by atoms with van der Waals surface area (Å²) in [4.78, 5) is 21.7. The number of amides is 1. The zero-order chi connectivity index (χ0) is 19.4. The smallest absolute Gasteiger partial charge is 0.270 e. The number of nitrogens with one attached hydrogen (secondary N) is 2. The maximum atomic E-state index is 12.7. The lowest BCUT2D eigenvalue weighted by Crippen LogP contribution is -2.41. The Morgan fingerprint density at radius 3 is 2.22 bits per heavy atom. The molecule has 2 aromatic carbocycles. The second-order valence-electron chi connectivity index (χ2n) is 7.52. The lowest BCUT2D eigenvalue weighted by Gasteiger charge is -2.20. The molecule has 3 aromatic rings. The van der Waals surface area contributed by atoms with Crippen LogP contribution in [0, 0.1) is 6.92 Å². The van der Waals surface area contributed by atoms with Crippen molar-refractivity contribution in [2.45, 2.75) is 33.2 Å². The van der Waals surface area contributed by atoms with E-state index in [-0.39, 0.29) is 11.4 Å². The first kappa shape index (κ1) is 18.6. The average Bonchev–Trinajstić information content (AvgIpc) is 2.63. The molecule has 0 aliphatic heterocycles. The topological polar surface area (TPSA) is 66.9 Å². The molecule has 0 bridgehead atoms. The fraction of sp³-hybridized carbons (Fsp3) is 0.227. The Morgan fingerprint density at radius 2 is 1.59 bits per heavy atom. The third kappa shape index (κ3) is 5.14. The Bertz CT molecular complexity index is 929. The number of benzene rings is 2. The number of nitrogens with zero attached hydrogens (tertiary/aromatic N) is 2. The van der Waals surface area contributed by atoms with E-state index in [0.717, 1.165) is 11.3 Å². The molecule has 0 aliphatic rings. The summed E-state index contributed by atoms with van der Waals surface area (Å²) in [6.07, 6.45) is 0. The maximum absolute atomic E-state index is 12.7. The van der Waals surface area contributed by atoms with Gasteiger partial charge in [0, 0.05) is 22.9 Å². The van der Waals surface area contributed by atoms with Crippen LogP contribution in [0.25, 0.3) is 11.4 Å². The van der Waals surface area contributed by atoms with Gasteiger partial charge in [0.15, 0.2) is 5.82 Å². The fourth-order valence-electron chi connectivity index (χ4n) is 2.53. The molecule has 0 aliphatic carbocycles. The fourth-order valence-corrected chi connectivity index (χ4v) is 2.53. The summed E-state index contributed by atoms with van der Waals surface area (Å²) in [5.41, 5.74) is 2.92. The standard InChI is InChI=1S/C22H24N4O/c1-15-10-12-17(13-11-15)23-19-14-18(21(27)26-22(2,3)4)24-20(25-19)16-8-6-5-7-9-16/h5-14H,1-4H3,(H,26,27)(H,23,24,25). The van der Waals surface area contributed by atoms with Gasteiger partial charge in [0.05, 0.1) is 0 Å². The predicted octanol–water partition coefficient (Wildman–Crippen LogP) is 4.72. The number of hydrogen-bond acceptors (Lipinski definition) is 4. The summed E-state index contributed by atoms with van der Waals surface area (Å²) in [6, 6.07) is 19.3. The average molecular weight is 360 g/mol. The van der Waals surface area contributed by atoms with Gasteiger partial charge in [-0.2, -0.15) is 0 Å². The second kappa shape index (κ2) is 7.58. The van der Waals surface area contributed by atoms with E-state index in [1.807, 2.05) is 82.3 Å². The molecule has 5 nitrogen and oxygen atoms in total. The molecule has 3 rings (SSSR count). The summed E-state index contributed by atoms with van der Waals surface area (Å²) in [7, 11) is 0. The molecule has 0 fully saturated rings. The van der Waals surface area contributed by atoms with Crippen LogP contribution < -0.4 is 10.6 Å². The minimum atomic E-state index is -0.348. The summed E-state index contributed by atoms with van der Waals surface area (Å²) >= 11 is 0. The van der Waals surface area contributed by atoms with Gasteiger partial charge in [-0.25, -0.2) is 9.97 Å². The molecule has 0 saturated carbocycles. The van der Waals surface area contributed by atoms with Gasteiger partial charge in [-0.05, 0) is 39.8 Å². The third-order valence-corrected chi connectivity index (χ3v) is 3.80. The van der Waals surface area contributed by atoms with E-state index in [1.54, 1.807) is 6.07 Å². The highest BCUT2D eigenvalue weighted by atomic mass is 16.2. The summed E-state index contributed by atoms with van der Waals surface area (Å²) in [6.45, 7) is 7.86. The maximum Gasteiger partial charge on any atom is 0.270 e. The van der Waals surface area contributed by atoms with Crippen molar-refractivity contribution in [2.24, 2.45) is 0 Å². The van der Waals surface area contributed by atoms with E-state index in [0.29, 0.717) is 17.3 Å². The molecule has 1 aromatic heterocycles. The summed E-state index contributed by atoms with van der Waals surface area (Å²) in [5.74, 6) is 0.854. The molecule has 27 heavy (non-hydrogen) atoms. The van der Waals surface area contributed by atoms with Crippen LogP contribution >= 0.6 is 0 Å². The molecular weight excluding hydrogens is 336 g/mol. The highest BCUT2D eigenvalue weighted by molar-refractivity contribution is 5.94. The Hall–Kier alpha value is -3.21. The van der Waals surface area contributed by atoms with Crippen molar-refractivity contribution in [1.82, 2.24) is 15.3 Å². The number of carbonyl (C=O) groups excluding carboxylic acids is 1. The van der Waals surface area contributed by atoms with Gasteiger partial charge in [0.1, 0.15) is 11.5 Å². The molecule has 2 N–H and O–H groups in total. The lowest BCUT2D eigenvalue weighted by molar-refractivity contribution is 0.0914. The normalized spacial score (nSPS) is 11.1. The van der Waals surface area contributed by atoms with Gasteiger partial charge < -0.3 is 10.6 Å². The Kier molecular flexibility index (Phi) is 5.21. The Morgan fingerprint density at radius 1 is 0.926 bits per heavy atom. The first-order valence-corrected chi connectivity index (χ1v) is 8.91. The molecule has 0 saturated heterocycles. The number of rotatable bonds is 4. The van der Waals surface area contributed by atoms with Crippen LogP contribution in [0.4, 0.5) is 11.5 Å². The zero-order valence-corrected chi connectivity index (χ0v) is 16.1. The van der Waals surface area contributed by atoms with Gasteiger partial charge in [-0.1, -0.05) is 48.0 Å². The van der Waals surface area contributed by atoms with Crippen molar-refractivity contribution in [3.8, 4) is 11.4 Å². The van der Waals surface area contributed by atoms with E-state index < -0.39 is 0 Å². The van der Waals surface area contributed by atoms with E-state index in [2.05, 4.69) is 20.6 Å². The van der Waals surface area contributed by atoms with Crippen molar-refractivity contribution in [3.63, 3.8) is 0 Å². The van der Waals surface area contributed by atoms with E-state index in [9.17, 15) is 4.79 Å². The van der Waals surface area contributed by atoms with E-state index in [1.165, 1.54) is 5.56 Å². The van der Waals surface area contributed by atoms with Crippen LogP contribution in [0.1, 0.15) is 36.8 Å². The van der Waals surface area contributed by atoms with Gasteiger partial charge in [0.2, 0.25) is 0 Å². The van der Waals surface area contributed by atoms with Crippen molar-refractivity contribution < 1.29 is 4.79 Å². The van der Waals surface area contributed by atoms with Crippen molar-refractivity contribution in [2.75, 3.05) is 5.32 Å². The zero-order valence-electron chi connectivity index (χ0n) is 16.1. The summed E-state index contributed by atoms with van der Waals surface area (Å²) < 4.78 is 0. The van der Waals surface area contributed by atoms with E-state index in [4.69, 9.17) is 0 Å². The van der Waals surface area contributed by atoms with Crippen LogP contribution in [0.3, 0.4) is 0 Å². The highest BCUT2D eigenvalue weighted by Gasteiger charge is 2.18. The Balaban J connectivity index is 2.00. The molecule has 0 unspecified atom stereocenters. The number of carbonyl (C=O) groups is 1. The summed E-state index contributed by atoms with van der Waals surface area (Å²) in [5, 5.41) is 6.22. The van der Waals surface area contributed by atoms with Crippen molar-refractivity contribution in [3.05, 3.63) is 71.9 Å². The highest BCUT2D eigenvalue weighted by Crippen LogP contribution is 2.21. The number of hydrogen-bond donors (Lipinski definition) is 2. The molecule has 1 amide bonds. The predicted molar refractivity (Wildman–Crippen MR) is 109 cm³/mol. The number of aryl methyl sites for hydroxylation is 1. The van der Waals surface area contributed by atoms with Gasteiger partial charge in [0.25, 0.3) is 5.91 Å². The van der Waals surface area contributed by atoms with Crippen molar-refractivity contribution >= 4 is 17.4 Å².